The molecule has 14 heavy (non-hydrogen) atoms. The number of nitrogens with zero attached hydrogens (tertiary/aromatic N) is 1. The highest BCUT2D eigenvalue weighted by atomic mass is 14.7. The molecule has 0 atom stereocenters. The Balaban J connectivity index is 2.81. The zero-order valence-corrected chi connectivity index (χ0v) is 8.49. The van der Waals surface area contributed by atoms with Crippen molar-refractivity contribution in [2.45, 2.75) is 19.8 Å². The molecule has 0 aliphatic heterocycles. The molecule has 0 fully saturated rings. The Morgan fingerprint density at radius 2 is 1.93 bits per heavy atom. The highest BCUT2D eigenvalue weighted by Gasteiger charge is 2.05. The van der Waals surface area contributed by atoms with Crippen LogP contribution in [0.3, 0.4) is 0 Å². The van der Waals surface area contributed by atoms with Crippen LogP contribution in [-0.4, -0.2) is 4.98 Å². The molecule has 0 bridgehead atoms. The first-order chi connectivity index (χ1) is 6.70. The van der Waals surface area contributed by atoms with Crippen molar-refractivity contribution < 1.29 is 0 Å². The summed E-state index contributed by atoms with van der Waals surface area (Å²) in [5.74, 6) is 0.502. The fourth-order valence-corrected chi connectivity index (χ4v) is 1.74. The molecule has 2 rings (SSSR count). The van der Waals surface area contributed by atoms with E-state index in [1.165, 1.54) is 10.9 Å². The Morgan fingerprint density at radius 3 is 2.64 bits per heavy atom. The fraction of sp³-hybridized carbons (Fsp3) is 0.250. The molecule has 0 saturated carbocycles. The summed E-state index contributed by atoms with van der Waals surface area (Å²) in [6.07, 6.45) is 3.59. The number of hydrogen-bond acceptors (Lipinski definition) is 2. The molecule has 2 aromatic rings. The number of fused-ring (bicyclic) bond motifs is 1. The molecule has 1 aromatic carbocycles. The lowest BCUT2D eigenvalue weighted by Crippen LogP contribution is -1.93. The standard InChI is InChI=1S/C12H14N2/c1-8(2)9-4-3-5-10-11(9)6-14-7-12(10)13/h3-8H,13H2,1-2H3. The molecule has 0 amide bonds. The van der Waals surface area contributed by atoms with Gasteiger partial charge in [-0.25, -0.2) is 0 Å². The second-order valence-electron chi connectivity index (χ2n) is 3.83. The molecule has 1 heterocycles. The first-order valence-electron chi connectivity index (χ1n) is 4.82. The minimum atomic E-state index is 0.502. The first kappa shape index (κ1) is 9.00. The van der Waals surface area contributed by atoms with Crippen molar-refractivity contribution in [2.24, 2.45) is 0 Å². The topological polar surface area (TPSA) is 38.9 Å². The van der Waals surface area contributed by atoms with Gasteiger partial charge in [-0.3, -0.25) is 4.98 Å². The van der Waals surface area contributed by atoms with Gasteiger partial charge in [0.25, 0.3) is 0 Å². The van der Waals surface area contributed by atoms with Gasteiger partial charge in [0, 0.05) is 17.0 Å². The summed E-state index contributed by atoms with van der Waals surface area (Å²) in [5, 5.41) is 2.27. The van der Waals surface area contributed by atoms with E-state index in [1.54, 1.807) is 6.20 Å². The van der Waals surface area contributed by atoms with E-state index in [4.69, 9.17) is 5.73 Å². The van der Waals surface area contributed by atoms with E-state index in [9.17, 15) is 0 Å². The van der Waals surface area contributed by atoms with E-state index < -0.39 is 0 Å². The molecular weight excluding hydrogens is 172 g/mol. The number of nitrogens with two attached hydrogens (primary N) is 1. The molecule has 0 unspecified atom stereocenters. The molecule has 0 aliphatic rings. The lowest BCUT2D eigenvalue weighted by atomic mass is 9.97. The van der Waals surface area contributed by atoms with Crippen molar-refractivity contribution in [1.29, 1.82) is 0 Å². The van der Waals surface area contributed by atoms with Crippen molar-refractivity contribution in [2.75, 3.05) is 5.73 Å². The van der Waals surface area contributed by atoms with Gasteiger partial charge in [-0.05, 0) is 11.5 Å². The highest BCUT2D eigenvalue weighted by Crippen LogP contribution is 2.27. The second-order valence-corrected chi connectivity index (χ2v) is 3.83. The van der Waals surface area contributed by atoms with Gasteiger partial charge in [0.2, 0.25) is 0 Å². The third-order valence-electron chi connectivity index (χ3n) is 2.49. The van der Waals surface area contributed by atoms with Gasteiger partial charge in [-0.15, -0.1) is 0 Å². The third-order valence-corrected chi connectivity index (χ3v) is 2.49. The van der Waals surface area contributed by atoms with Crippen LogP contribution >= 0.6 is 0 Å². The SMILES string of the molecule is CC(C)c1cccc2c(N)cncc12. The summed E-state index contributed by atoms with van der Waals surface area (Å²) < 4.78 is 0. The van der Waals surface area contributed by atoms with Crippen LogP contribution in [0, 0.1) is 0 Å². The average molecular weight is 186 g/mol. The minimum absolute atomic E-state index is 0.502. The van der Waals surface area contributed by atoms with E-state index in [-0.39, 0.29) is 0 Å². The van der Waals surface area contributed by atoms with Crippen molar-refractivity contribution in [3.05, 3.63) is 36.2 Å². The third kappa shape index (κ3) is 1.33. The van der Waals surface area contributed by atoms with Gasteiger partial charge in [0.1, 0.15) is 0 Å². The maximum atomic E-state index is 5.86. The lowest BCUT2D eigenvalue weighted by molar-refractivity contribution is 0.876. The van der Waals surface area contributed by atoms with Crippen LogP contribution in [0.1, 0.15) is 25.3 Å². The van der Waals surface area contributed by atoms with Gasteiger partial charge in [-0.2, -0.15) is 0 Å². The summed E-state index contributed by atoms with van der Waals surface area (Å²) in [5.41, 5.74) is 7.93. The van der Waals surface area contributed by atoms with Crippen molar-refractivity contribution in [3.63, 3.8) is 0 Å². The number of hydrogen-bond donors (Lipinski definition) is 1. The smallest absolute Gasteiger partial charge is 0.0580 e. The Morgan fingerprint density at radius 1 is 1.14 bits per heavy atom. The van der Waals surface area contributed by atoms with Crippen molar-refractivity contribution >= 4 is 16.5 Å². The minimum Gasteiger partial charge on any atom is -0.397 e. The van der Waals surface area contributed by atoms with Gasteiger partial charge in [0.05, 0.1) is 11.9 Å². The number of aromatic nitrogens is 1. The number of rotatable bonds is 1. The molecule has 2 N–H and O–H groups in total. The van der Waals surface area contributed by atoms with Gasteiger partial charge in [-0.1, -0.05) is 32.0 Å². The molecule has 0 spiro atoms. The molecule has 2 heteroatoms. The van der Waals surface area contributed by atoms with Crippen LogP contribution in [0.4, 0.5) is 5.69 Å². The monoisotopic (exact) mass is 186 g/mol. The Bertz CT molecular complexity index is 461. The molecular formula is C12H14N2. The van der Waals surface area contributed by atoms with E-state index in [0.717, 1.165) is 11.1 Å². The highest BCUT2D eigenvalue weighted by molar-refractivity contribution is 5.94. The number of benzene rings is 1. The van der Waals surface area contributed by atoms with Gasteiger partial charge < -0.3 is 5.73 Å². The summed E-state index contributed by atoms with van der Waals surface area (Å²) in [4.78, 5) is 4.13. The zero-order valence-electron chi connectivity index (χ0n) is 8.49. The lowest BCUT2D eigenvalue weighted by Gasteiger charge is -2.10. The summed E-state index contributed by atoms with van der Waals surface area (Å²) in [6, 6.07) is 6.22. The maximum Gasteiger partial charge on any atom is 0.0580 e. The summed E-state index contributed by atoms with van der Waals surface area (Å²) in [6.45, 7) is 4.36. The van der Waals surface area contributed by atoms with Gasteiger partial charge >= 0.3 is 0 Å². The normalized spacial score (nSPS) is 11.1. The molecule has 2 nitrogen and oxygen atoms in total. The molecule has 72 valence electrons. The van der Waals surface area contributed by atoms with E-state index in [2.05, 4.69) is 24.9 Å². The number of nitrogen functional groups attached to an aromatic ring is 1. The second kappa shape index (κ2) is 3.29. The molecule has 0 radical (unpaired) electrons. The number of pyridine rings is 1. The Hall–Kier alpha value is -1.57. The van der Waals surface area contributed by atoms with Crippen LogP contribution in [0.25, 0.3) is 10.8 Å². The molecule has 0 saturated heterocycles. The summed E-state index contributed by atoms with van der Waals surface area (Å²) in [7, 11) is 0. The first-order valence-corrected chi connectivity index (χ1v) is 4.82. The van der Waals surface area contributed by atoms with Crippen LogP contribution < -0.4 is 5.73 Å². The van der Waals surface area contributed by atoms with Gasteiger partial charge in [0.15, 0.2) is 0 Å². The van der Waals surface area contributed by atoms with E-state index >= 15 is 0 Å². The van der Waals surface area contributed by atoms with Crippen molar-refractivity contribution in [3.8, 4) is 0 Å². The quantitative estimate of drug-likeness (QED) is 0.743. The van der Waals surface area contributed by atoms with Crippen LogP contribution in [0.15, 0.2) is 30.6 Å². The van der Waals surface area contributed by atoms with Crippen LogP contribution in [-0.2, 0) is 0 Å². The maximum absolute atomic E-state index is 5.86. The fourth-order valence-electron chi connectivity index (χ4n) is 1.74. The molecule has 0 aliphatic carbocycles. The largest absolute Gasteiger partial charge is 0.397 e. The van der Waals surface area contributed by atoms with E-state index in [1.807, 2.05) is 18.3 Å². The Labute approximate surface area is 83.8 Å². The number of anilines is 1. The molecule has 1 aromatic heterocycles. The zero-order chi connectivity index (χ0) is 10.1. The Kier molecular flexibility index (Phi) is 2.12. The van der Waals surface area contributed by atoms with Crippen LogP contribution in [0.5, 0.6) is 0 Å². The van der Waals surface area contributed by atoms with Crippen molar-refractivity contribution in [1.82, 2.24) is 4.98 Å². The predicted octanol–water partition coefficient (Wildman–Crippen LogP) is 2.94. The summed E-state index contributed by atoms with van der Waals surface area (Å²) >= 11 is 0. The average Bonchev–Trinajstić information content (AvgIpc) is 2.17. The van der Waals surface area contributed by atoms with Crippen LogP contribution in [0.2, 0.25) is 0 Å². The predicted molar refractivity (Wildman–Crippen MR) is 60.2 cm³/mol. The van der Waals surface area contributed by atoms with E-state index in [0.29, 0.717) is 5.92 Å².